The SMILES string of the molecule is Cc1nn(-c2c(CNC(C)(C)C)c(C)nn2C)c(C)c1Br. The lowest BCUT2D eigenvalue weighted by molar-refractivity contribution is 0.423. The zero-order valence-electron chi connectivity index (χ0n) is 13.9. The third kappa shape index (κ3) is 3.21. The van der Waals surface area contributed by atoms with Gasteiger partial charge in [0, 0.05) is 24.7 Å². The highest BCUT2D eigenvalue weighted by atomic mass is 79.9. The average molecular weight is 354 g/mol. The Hall–Kier alpha value is -1.14. The molecule has 21 heavy (non-hydrogen) atoms. The molecule has 0 radical (unpaired) electrons. The van der Waals surface area contributed by atoms with Crippen molar-refractivity contribution in [2.75, 3.05) is 0 Å². The minimum Gasteiger partial charge on any atom is -0.308 e. The van der Waals surface area contributed by atoms with E-state index in [0.717, 1.165) is 33.9 Å². The fourth-order valence-electron chi connectivity index (χ4n) is 2.35. The lowest BCUT2D eigenvalue weighted by Crippen LogP contribution is -2.35. The maximum atomic E-state index is 4.64. The Bertz CT molecular complexity index is 661. The molecule has 0 spiro atoms. The van der Waals surface area contributed by atoms with Crippen LogP contribution in [0.4, 0.5) is 0 Å². The van der Waals surface area contributed by atoms with Gasteiger partial charge in [-0.25, -0.2) is 4.68 Å². The number of nitrogens with zero attached hydrogens (tertiary/aromatic N) is 4. The second kappa shape index (κ2) is 5.57. The van der Waals surface area contributed by atoms with Gasteiger partial charge in [-0.1, -0.05) is 0 Å². The highest BCUT2D eigenvalue weighted by Gasteiger charge is 2.21. The molecule has 2 heterocycles. The zero-order chi connectivity index (χ0) is 15.9. The van der Waals surface area contributed by atoms with Crippen LogP contribution in [0.15, 0.2) is 4.47 Å². The number of aryl methyl sites for hydroxylation is 3. The minimum absolute atomic E-state index is 0.0647. The summed E-state index contributed by atoms with van der Waals surface area (Å²) < 4.78 is 4.93. The molecular formula is C15H24BrN5. The van der Waals surface area contributed by atoms with Gasteiger partial charge in [-0.2, -0.15) is 10.2 Å². The monoisotopic (exact) mass is 353 g/mol. The second-order valence-electron chi connectivity index (χ2n) is 6.51. The molecule has 0 aliphatic rings. The van der Waals surface area contributed by atoms with Gasteiger partial charge in [-0.15, -0.1) is 0 Å². The van der Waals surface area contributed by atoms with Gasteiger partial charge >= 0.3 is 0 Å². The van der Waals surface area contributed by atoms with Crippen LogP contribution in [-0.4, -0.2) is 25.1 Å². The molecule has 0 bridgehead atoms. The van der Waals surface area contributed by atoms with Gasteiger partial charge in [0.05, 0.1) is 21.6 Å². The Morgan fingerprint density at radius 1 is 1.10 bits per heavy atom. The second-order valence-corrected chi connectivity index (χ2v) is 7.30. The largest absolute Gasteiger partial charge is 0.308 e. The van der Waals surface area contributed by atoms with Crippen LogP contribution < -0.4 is 5.32 Å². The first-order valence-electron chi connectivity index (χ1n) is 7.11. The van der Waals surface area contributed by atoms with Gasteiger partial charge in [0.15, 0.2) is 5.82 Å². The fourth-order valence-corrected chi connectivity index (χ4v) is 2.59. The van der Waals surface area contributed by atoms with Crippen LogP contribution >= 0.6 is 15.9 Å². The van der Waals surface area contributed by atoms with Crippen LogP contribution in [0.5, 0.6) is 0 Å². The number of halogens is 1. The van der Waals surface area contributed by atoms with E-state index in [0.29, 0.717) is 0 Å². The highest BCUT2D eigenvalue weighted by Crippen LogP contribution is 2.26. The van der Waals surface area contributed by atoms with Gasteiger partial charge in [0.2, 0.25) is 0 Å². The Labute approximate surface area is 134 Å². The summed E-state index contributed by atoms with van der Waals surface area (Å²) in [5.74, 6) is 1.02. The van der Waals surface area contributed by atoms with Gasteiger partial charge in [-0.3, -0.25) is 4.68 Å². The Morgan fingerprint density at radius 3 is 2.19 bits per heavy atom. The van der Waals surface area contributed by atoms with Crippen LogP contribution in [0.3, 0.4) is 0 Å². The summed E-state index contributed by atoms with van der Waals surface area (Å²) in [6.07, 6.45) is 0. The first-order chi connectivity index (χ1) is 9.61. The summed E-state index contributed by atoms with van der Waals surface area (Å²) in [6, 6.07) is 0. The molecule has 0 amide bonds. The van der Waals surface area contributed by atoms with Crippen molar-refractivity contribution in [1.29, 1.82) is 0 Å². The third-order valence-corrected chi connectivity index (χ3v) is 4.66. The average Bonchev–Trinajstić information content (AvgIpc) is 2.77. The van der Waals surface area contributed by atoms with E-state index in [4.69, 9.17) is 0 Å². The highest BCUT2D eigenvalue weighted by molar-refractivity contribution is 9.10. The summed E-state index contributed by atoms with van der Waals surface area (Å²) in [7, 11) is 1.97. The van der Waals surface area contributed by atoms with E-state index in [1.165, 1.54) is 5.56 Å². The molecule has 0 fully saturated rings. The van der Waals surface area contributed by atoms with Crippen LogP contribution in [0.25, 0.3) is 5.82 Å². The van der Waals surface area contributed by atoms with Crippen LogP contribution in [0.2, 0.25) is 0 Å². The normalized spacial score (nSPS) is 12.2. The topological polar surface area (TPSA) is 47.7 Å². The van der Waals surface area contributed by atoms with Crippen molar-refractivity contribution in [2.24, 2.45) is 7.05 Å². The molecule has 2 aromatic rings. The maximum Gasteiger partial charge on any atom is 0.156 e. The third-order valence-electron chi connectivity index (χ3n) is 3.51. The van der Waals surface area contributed by atoms with Crippen molar-refractivity contribution in [2.45, 2.75) is 53.6 Å². The lowest BCUT2D eigenvalue weighted by atomic mass is 10.1. The van der Waals surface area contributed by atoms with Crippen molar-refractivity contribution >= 4 is 15.9 Å². The van der Waals surface area contributed by atoms with Crippen molar-refractivity contribution in [3.8, 4) is 5.82 Å². The van der Waals surface area contributed by atoms with E-state index in [9.17, 15) is 0 Å². The summed E-state index contributed by atoms with van der Waals surface area (Å²) in [5, 5.41) is 12.7. The van der Waals surface area contributed by atoms with Gasteiger partial charge < -0.3 is 5.32 Å². The summed E-state index contributed by atoms with van der Waals surface area (Å²) in [4.78, 5) is 0. The molecule has 2 aromatic heterocycles. The molecule has 2 rings (SSSR count). The summed E-state index contributed by atoms with van der Waals surface area (Å²) >= 11 is 3.60. The molecular weight excluding hydrogens is 330 g/mol. The van der Waals surface area contributed by atoms with Crippen molar-refractivity contribution in [3.05, 3.63) is 27.1 Å². The molecule has 0 aromatic carbocycles. The Kier molecular flexibility index (Phi) is 4.31. The number of aromatic nitrogens is 4. The smallest absolute Gasteiger partial charge is 0.156 e. The van der Waals surface area contributed by atoms with Crippen LogP contribution in [0.1, 0.15) is 43.4 Å². The number of hydrogen-bond acceptors (Lipinski definition) is 3. The van der Waals surface area contributed by atoms with Crippen LogP contribution in [0, 0.1) is 20.8 Å². The predicted molar refractivity (Wildman–Crippen MR) is 88.8 cm³/mol. The van der Waals surface area contributed by atoms with Crippen molar-refractivity contribution in [3.63, 3.8) is 0 Å². The molecule has 5 nitrogen and oxygen atoms in total. The molecule has 0 aliphatic heterocycles. The number of nitrogens with one attached hydrogen (secondary N) is 1. The molecule has 0 unspecified atom stereocenters. The van der Waals surface area contributed by atoms with Gasteiger partial charge in [-0.05, 0) is 57.5 Å². The molecule has 116 valence electrons. The number of rotatable bonds is 3. The molecule has 1 N–H and O–H groups in total. The first-order valence-corrected chi connectivity index (χ1v) is 7.90. The zero-order valence-corrected chi connectivity index (χ0v) is 15.5. The Balaban J connectivity index is 2.50. The van der Waals surface area contributed by atoms with E-state index >= 15 is 0 Å². The molecule has 6 heteroatoms. The van der Waals surface area contributed by atoms with E-state index < -0.39 is 0 Å². The Morgan fingerprint density at radius 2 is 1.71 bits per heavy atom. The van der Waals surface area contributed by atoms with Crippen molar-refractivity contribution in [1.82, 2.24) is 24.9 Å². The molecule has 0 saturated heterocycles. The maximum absolute atomic E-state index is 4.64. The van der Waals surface area contributed by atoms with E-state index in [2.05, 4.69) is 59.1 Å². The predicted octanol–water partition coefficient (Wildman–Crippen LogP) is 3.18. The van der Waals surface area contributed by atoms with Crippen LogP contribution in [-0.2, 0) is 13.6 Å². The van der Waals surface area contributed by atoms with Gasteiger partial charge in [0.25, 0.3) is 0 Å². The van der Waals surface area contributed by atoms with E-state index in [1.54, 1.807) is 0 Å². The minimum atomic E-state index is 0.0647. The quantitative estimate of drug-likeness (QED) is 0.921. The molecule has 0 aliphatic carbocycles. The molecule has 0 saturated carbocycles. The first kappa shape index (κ1) is 16.2. The van der Waals surface area contributed by atoms with Gasteiger partial charge in [0.1, 0.15) is 0 Å². The summed E-state index contributed by atoms with van der Waals surface area (Å²) in [5.41, 5.74) is 4.36. The summed E-state index contributed by atoms with van der Waals surface area (Å²) in [6.45, 7) is 13.4. The fraction of sp³-hybridized carbons (Fsp3) is 0.600. The van der Waals surface area contributed by atoms with E-state index in [-0.39, 0.29) is 5.54 Å². The standard InChI is InChI=1S/C15H24BrN5/c1-9-12(8-17-15(4,5)6)14(20(7)18-9)21-11(3)13(16)10(2)19-21/h17H,8H2,1-7H3. The number of hydrogen-bond donors (Lipinski definition) is 1. The van der Waals surface area contributed by atoms with E-state index in [1.807, 2.05) is 30.3 Å². The lowest BCUT2D eigenvalue weighted by Gasteiger charge is -2.21. The molecule has 0 atom stereocenters. The van der Waals surface area contributed by atoms with Crippen molar-refractivity contribution < 1.29 is 0 Å².